The molecule has 2 aromatic heterocycles. The SMILES string of the molecule is C#CCNC(=O)[C@H](C)SCc1cc(-c2cccs2)on1. The van der Waals surface area contributed by atoms with Crippen LogP contribution in [0.3, 0.4) is 0 Å². The van der Waals surface area contributed by atoms with E-state index in [2.05, 4.69) is 16.4 Å². The van der Waals surface area contributed by atoms with Crippen LogP contribution in [0.15, 0.2) is 28.1 Å². The van der Waals surface area contributed by atoms with Gasteiger partial charge in [0.2, 0.25) is 5.91 Å². The predicted molar refractivity (Wildman–Crippen MR) is 82.4 cm³/mol. The molecule has 0 aromatic carbocycles. The van der Waals surface area contributed by atoms with E-state index in [1.807, 2.05) is 30.5 Å². The lowest BCUT2D eigenvalue weighted by Crippen LogP contribution is -2.31. The summed E-state index contributed by atoms with van der Waals surface area (Å²) in [5.41, 5.74) is 0.829. The minimum atomic E-state index is -0.176. The first-order valence-electron chi connectivity index (χ1n) is 6.03. The highest BCUT2D eigenvalue weighted by molar-refractivity contribution is 7.99. The fourth-order valence-corrected chi connectivity index (χ4v) is 2.95. The number of terminal acetylenes is 1. The highest BCUT2D eigenvalue weighted by Crippen LogP contribution is 2.27. The van der Waals surface area contributed by atoms with Crippen LogP contribution in [0.1, 0.15) is 12.6 Å². The van der Waals surface area contributed by atoms with Gasteiger partial charge in [-0.2, -0.15) is 0 Å². The third-order valence-electron chi connectivity index (χ3n) is 2.54. The van der Waals surface area contributed by atoms with Crippen LogP contribution in [-0.2, 0) is 10.5 Å². The fraction of sp³-hybridized carbons (Fsp3) is 0.286. The number of thioether (sulfide) groups is 1. The summed E-state index contributed by atoms with van der Waals surface area (Å²) >= 11 is 3.10. The maximum Gasteiger partial charge on any atom is 0.233 e. The van der Waals surface area contributed by atoms with Crippen molar-refractivity contribution >= 4 is 29.0 Å². The van der Waals surface area contributed by atoms with Gasteiger partial charge in [0, 0.05) is 11.8 Å². The Bertz CT molecular complexity index is 599. The molecule has 6 heteroatoms. The second-order valence-corrected chi connectivity index (χ2v) is 6.31. The Morgan fingerprint density at radius 3 is 3.25 bits per heavy atom. The van der Waals surface area contributed by atoms with Crippen LogP contribution in [0.25, 0.3) is 10.6 Å². The highest BCUT2D eigenvalue weighted by atomic mass is 32.2. The van der Waals surface area contributed by atoms with Gasteiger partial charge in [-0.15, -0.1) is 29.5 Å². The van der Waals surface area contributed by atoms with Gasteiger partial charge in [0.1, 0.15) is 0 Å². The van der Waals surface area contributed by atoms with Crippen LogP contribution in [0.2, 0.25) is 0 Å². The minimum absolute atomic E-state index is 0.0603. The van der Waals surface area contributed by atoms with Crippen molar-refractivity contribution in [3.63, 3.8) is 0 Å². The van der Waals surface area contributed by atoms with E-state index in [-0.39, 0.29) is 17.7 Å². The third kappa shape index (κ3) is 3.89. The van der Waals surface area contributed by atoms with Crippen molar-refractivity contribution in [3.05, 3.63) is 29.3 Å². The topological polar surface area (TPSA) is 55.1 Å². The Labute approximate surface area is 125 Å². The number of amides is 1. The van der Waals surface area contributed by atoms with Crippen molar-refractivity contribution < 1.29 is 9.32 Å². The molecule has 2 rings (SSSR count). The molecule has 0 radical (unpaired) electrons. The number of nitrogens with zero attached hydrogens (tertiary/aromatic N) is 1. The number of carbonyl (C=O) groups excluding carboxylic acids is 1. The molecule has 0 saturated carbocycles. The molecule has 0 aliphatic heterocycles. The zero-order valence-corrected chi connectivity index (χ0v) is 12.6. The number of hydrogen-bond acceptors (Lipinski definition) is 5. The average Bonchev–Trinajstić information content (AvgIpc) is 3.12. The number of rotatable bonds is 6. The first kappa shape index (κ1) is 14.7. The number of carbonyl (C=O) groups is 1. The third-order valence-corrected chi connectivity index (χ3v) is 4.60. The number of aromatic nitrogens is 1. The minimum Gasteiger partial charge on any atom is -0.355 e. The van der Waals surface area contributed by atoms with Crippen molar-refractivity contribution in [2.45, 2.75) is 17.9 Å². The summed E-state index contributed by atoms with van der Waals surface area (Å²) in [6, 6.07) is 5.86. The summed E-state index contributed by atoms with van der Waals surface area (Å²) in [5.74, 6) is 3.71. The van der Waals surface area contributed by atoms with Crippen LogP contribution in [0.5, 0.6) is 0 Å². The van der Waals surface area contributed by atoms with Gasteiger partial charge in [-0.1, -0.05) is 17.1 Å². The highest BCUT2D eigenvalue weighted by Gasteiger charge is 2.14. The summed E-state index contributed by atoms with van der Waals surface area (Å²) in [7, 11) is 0. The van der Waals surface area contributed by atoms with Crippen LogP contribution < -0.4 is 5.32 Å². The molecule has 0 aliphatic rings. The van der Waals surface area contributed by atoms with Gasteiger partial charge >= 0.3 is 0 Å². The lowest BCUT2D eigenvalue weighted by atomic mass is 10.3. The lowest BCUT2D eigenvalue weighted by Gasteiger charge is -2.08. The van der Waals surface area contributed by atoms with E-state index in [1.54, 1.807) is 11.3 Å². The van der Waals surface area contributed by atoms with Gasteiger partial charge in [-0.25, -0.2) is 0 Å². The van der Waals surface area contributed by atoms with E-state index in [9.17, 15) is 4.79 Å². The molecule has 2 aromatic rings. The number of nitrogens with one attached hydrogen (secondary N) is 1. The summed E-state index contributed by atoms with van der Waals surface area (Å²) in [5, 5.41) is 8.48. The van der Waals surface area contributed by atoms with Crippen LogP contribution in [-0.4, -0.2) is 22.9 Å². The summed E-state index contributed by atoms with van der Waals surface area (Å²) in [6.07, 6.45) is 5.10. The second-order valence-electron chi connectivity index (χ2n) is 4.03. The molecule has 1 N–H and O–H groups in total. The van der Waals surface area contributed by atoms with Gasteiger partial charge in [-0.3, -0.25) is 4.79 Å². The standard InChI is InChI=1S/C14H14N2O2S2/c1-3-6-15-14(17)10(2)20-9-11-8-12(18-16-11)13-5-4-7-19-13/h1,4-5,7-8,10H,6,9H2,2H3,(H,15,17)/t10-/m0/s1. The van der Waals surface area contributed by atoms with Gasteiger partial charge in [-0.05, 0) is 18.4 Å². The number of hydrogen-bond donors (Lipinski definition) is 1. The predicted octanol–water partition coefficient (Wildman–Crippen LogP) is 2.77. The Balaban J connectivity index is 1.85. The van der Waals surface area contributed by atoms with E-state index in [4.69, 9.17) is 10.9 Å². The van der Waals surface area contributed by atoms with Crippen molar-refractivity contribution in [1.82, 2.24) is 10.5 Å². The molecule has 20 heavy (non-hydrogen) atoms. The average molecular weight is 306 g/mol. The Hall–Kier alpha value is -1.71. The second kappa shape index (κ2) is 7.17. The van der Waals surface area contributed by atoms with E-state index in [0.29, 0.717) is 5.75 Å². The van der Waals surface area contributed by atoms with Crippen molar-refractivity contribution in [3.8, 4) is 23.0 Å². The summed E-state index contributed by atoms with van der Waals surface area (Å²) < 4.78 is 5.29. The Kier molecular flexibility index (Phi) is 5.27. The zero-order chi connectivity index (χ0) is 14.4. The van der Waals surface area contributed by atoms with Crippen molar-refractivity contribution in [1.29, 1.82) is 0 Å². The molecule has 0 spiro atoms. The molecule has 0 fully saturated rings. The molecule has 0 aliphatic carbocycles. The molecular formula is C14H14N2O2S2. The molecule has 1 atom stereocenters. The normalized spacial score (nSPS) is 11.8. The van der Waals surface area contributed by atoms with Crippen molar-refractivity contribution in [2.24, 2.45) is 0 Å². The van der Waals surface area contributed by atoms with Crippen LogP contribution in [0.4, 0.5) is 0 Å². The molecule has 1 amide bonds. The molecule has 104 valence electrons. The van der Waals surface area contributed by atoms with E-state index < -0.39 is 0 Å². The van der Waals surface area contributed by atoms with Gasteiger partial charge in [0.15, 0.2) is 5.76 Å². The fourth-order valence-electron chi connectivity index (χ4n) is 1.48. The van der Waals surface area contributed by atoms with E-state index >= 15 is 0 Å². The maximum atomic E-state index is 11.6. The van der Waals surface area contributed by atoms with Gasteiger partial charge < -0.3 is 9.84 Å². The molecular weight excluding hydrogens is 292 g/mol. The number of thiophene rings is 1. The van der Waals surface area contributed by atoms with Gasteiger partial charge in [0.05, 0.1) is 22.4 Å². The van der Waals surface area contributed by atoms with E-state index in [1.165, 1.54) is 11.8 Å². The van der Waals surface area contributed by atoms with Gasteiger partial charge in [0.25, 0.3) is 0 Å². The molecule has 0 unspecified atom stereocenters. The Morgan fingerprint density at radius 2 is 2.55 bits per heavy atom. The molecule has 2 heterocycles. The summed E-state index contributed by atoms with van der Waals surface area (Å²) in [6.45, 7) is 2.10. The molecule has 0 saturated heterocycles. The monoisotopic (exact) mass is 306 g/mol. The van der Waals surface area contributed by atoms with Crippen LogP contribution in [0, 0.1) is 12.3 Å². The first-order chi connectivity index (χ1) is 9.70. The largest absolute Gasteiger partial charge is 0.355 e. The first-order valence-corrected chi connectivity index (χ1v) is 7.96. The maximum absolute atomic E-state index is 11.6. The quantitative estimate of drug-likeness (QED) is 0.834. The van der Waals surface area contributed by atoms with Crippen LogP contribution >= 0.6 is 23.1 Å². The zero-order valence-electron chi connectivity index (χ0n) is 11.0. The van der Waals surface area contributed by atoms with E-state index in [0.717, 1.165) is 16.3 Å². The molecule has 0 bridgehead atoms. The smallest absolute Gasteiger partial charge is 0.233 e. The van der Waals surface area contributed by atoms with Crippen molar-refractivity contribution in [2.75, 3.05) is 6.54 Å². The molecule has 4 nitrogen and oxygen atoms in total. The Morgan fingerprint density at radius 1 is 1.70 bits per heavy atom. The summed E-state index contributed by atoms with van der Waals surface area (Å²) in [4.78, 5) is 12.7. The lowest BCUT2D eigenvalue weighted by molar-refractivity contribution is -0.120.